The van der Waals surface area contributed by atoms with E-state index in [1.165, 1.54) is 88.8 Å². The van der Waals surface area contributed by atoms with Crippen LogP contribution in [0.1, 0.15) is 148 Å². The molecule has 5 unspecified atom stereocenters. The van der Waals surface area contributed by atoms with Gasteiger partial charge in [-0.3, -0.25) is 59.6 Å². The number of esters is 3. The highest BCUT2D eigenvalue weighted by atomic mass is 35.5. The molecule has 0 saturated heterocycles. The predicted molar refractivity (Wildman–Crippen MR) is 409 cm³/mol. The molecule has 11 aromatic rings. The number of nitrogens with zero attached hydrogens (tertiary/aromatic N) is 12. The number of rotatable bonds is 32. The van der Waals surface area contributed by atoms with Crippen LogP contribution in [0.25, 0.3) is 0 Å². The second kappa shape index (κ2) is 43.8. The van der Waals surface area contributed by atoms with Crippen molar-refractivity contribution in [3.05, 3.63) is 210 Å². The molecule has 564 valence electrons. The Bertz CT molecular complexity index is 4400. The Kier molecular flexibility index (Phi) is 33.6. The monoisotopic (exact) mass is 1600 g/mol. The maximum atomic E-state index is 12.8. The largest absolute Gasteiger partial charge is 0.448 e. The Morgan fingerprint density at radius 1 is 0.333 bits per heavy atom. The summed E-state index contributed by atoms with van der Waals surface area (Å²) in [6, 6.07) is 43.5. The highest BCUT2D eigenvalue weighted by molar-refractivity contribution is 7.16. The van der Waals surface area contributed by atoms with Gasteiger partial charge in [-0.25, -0.2) is 0 Å². The van der Waals surface area contributed by atoms with E-state index in [0.717, 1.165) is 81.4 Å². The molecule has 4 amide bonds. The van der Waals surface area contributed by atoms with Crippen LogP contribution in [0.3, 0.4) is 0 Å². The third-order valence-electron chi connectivity index (χ3n) is 14.4. The van der Waals surface area contributed by atoms with E-state index < -0.39 is 77.3 Å². The third-order valence-corrected chi connectivity index (χ3v) is 19.8. The van der Waals surface area contributed by atoms with Crippen LogP contribution in [-0.2, 0) is 91.1 Å². The molecule has 0 saturated carbocycles. The summed E-state index contributed by atoms with van der Waals surface area (Å²) in [4.78, 5) is 94.8. The van der Waals surface area contributed by atoms with E-state index in [4.69, 9.17) is 37.3 Å². The van der Waals surface area contributed by atoms with E-state index in [0.29, 0.717) is 84.3 Å². The van der Waals surface area contributed by atoms with Crippen LogP contribution in [0.5, 0.6) is 0 Å². The van der Waals surface area contributed by atoms with Crippen molar-refractivity contribution in [3.8, 4) is 0 Å². The van der Waals surface area contributed by atoms with Gasteiger partial charge in [-0.05, 0) is 61.3 Å². The normalized spacial score (nSPS) is 12.1. The topological polar surface area (TPSA) is 460 Å². The number of amides is 4. The number of benzene rings is 5. The average Bonchev–Trinajstić information content (AvgIpc) is 1.13. The fraction of sp³-hybridized carbons (Fsp3) is 0.286. The molecule has 31 nitrogen and oxygen atoms in total. The van der Waals surface area contributed by atoms with Crippen molar-refractivity contribution in [2.24, 2.45) is 0 Å². The first kappa shape index (κ1) is 82.9. The average molecular weight is 1600 g/mol. The van der Waals surface area contributed by atoms with E-state index in [1.54, 1.807) is 140 Å². The Morgan fingerprint density at radius 2 is 0.556 bits per heavy atom. The molecule has 108 heavy (non-hydrogen) atoms. The quantitative estimate of drug-likeness (QED) is 0.00840. The van der Waals surface area contributed by atoms with Crippen molar-refractivity contribution in [1.29, 1.82) is 0 Å². The number of aliphatic hydroxyl groups is 2. The fourth-order valence-electron chi connectivity index (χ4n) is 9.45. The number of nitrogens with two attached hydrogens (primary N) is 2. The maximum absolute atomic E-state index is 12.8. The molecule has 11 rings (SSSR count). The van der Waals surface area contributed by atoms with Gasteiger partial charge in [0.15, 0.2) is 12.2 Å². The molecule has 6 aromatic heterocycles. The number of hydrogen-bond donors (Lipinski definition) is 8. The number of nitrogens with one attached hydrogen (secondary N) is 4. The second-order valence-electron chi connectivity index (χ2n) is 22.8. The van der Waals surface area contributed by atoms with Gasteiger partial charge in [0.25, 0.3) is 28.9 Å². The zero-order valence-electron chi connectivity index (χ0n) is 58.0. The molecule has 0 spiro atoms. The van der Waals surface area contributed by atoms with Gasteiger partial charge in [0.05, 0.1) is 0 Å². The van der Waals surface area contributed by atoms with Crippen molar-refractivity contribution in [2.45, 2.75) is 128 Å². The molecule has 0 radical (unpaired) electrons. The summed E-state index contributed by atoms with van der Waals surface area (Å²) in [5.41, 5.74) is 13.7. The summed E-state index contributed by atoms with van der Waals surface area (Å²) in [5.74, 6) is -3.81. The first-order valence-electron chi connectivity index (χ1n) is 33.1. The minimum atomic E-state index is -1.28. The summed E-state index contributed by atoms with van der Waals surface area (Å²) in [5, 5.41) is 85.6. The standard InChI is InChI=1S/C28H28N6O6S2.C24H24N6O4S2.C10H9ClO3.C8H12N6S2/c1-17(35)39-23(19-11-5-3-6-12-19)25(37)29-27-33-31-21(41-27)15-9-10-16-22-32-34-28(42-22)30-26(38)24(40-18(2)36)20-13-7-4-8-14-20;31-19(15-9-3-1-4-10-15)21(33)25-23-29-27-17(35-23)13-7-8-14-18-28-30-24(36-18)26-22(34)20(32)16-11-5-2-6-12-16;1-7(12)14-9(10(11)13)8-5-3-2-4-6-8;9-7-13-11-5(15-7)3-1-2-4-6-12-14-8(10)16-6/h3-8,11-14,23-24H,9-10,15-16H2,1-2H3,(H,29,33,37)(H,30,34,38);1-6,9-12,19-20,31-32H,7-8,13-14H2,(H,25,29,33)(H,26,30,34);2-6,9H,1H3;1-4H2,(H2,9,13)(H2,10,14). The van der Waals surface area contributed by atoms with Gasteiger partial charge in [0, 0.05) is 76.0 Å². The molecule has 0 aliphatic heterocycles. The first-order valence-corrected chi connectivity index (χ1v) is 38.4. The van der Waals surface area contributed by atoms with Crippen LogP contribution in [-0.4, -0.2) is 118 Å². The second-order valence-corrected chi connectivity index (χ2v) is 29.6. The lowest BCUT2D eigenvalue weighted by atomic mass is 10.1. The number of carbonyl (C=O) groups excluding carboxylic acids is 8. The smallest absolute Gasteiger partial charge is 0.303 e. The van der Waals surface area contributed by atoms with E-state index in [1.807, 2.05) is 12.1 Å². The molecule has 5 aromatic carbocycles. The van der Waals surface area contributed by atoms with Crippen LogP contribution in [0.4, 0.5) is 30.8 Å². The lowest BCUT2D eigenvalue weighted by molar-refractivity contribution is -0.152. The number of halogens is 1. The van der Waals surface area contributed by atoms with Gasteiger partial charge in [0.1, 0.15) is 30.0 Å². The minimum Gasteiger partial charge on any atom is -0.448 e. The van der Waals surface area contributed by atoms with Crippen LogP contribution in [0, 0.1) is 0 Å². The molecular formula is C70H73ClN18O13S6. The van der Waals surface area contributed by atoms with Gasteiger partial charge < -0.3 is 35.9 Å². The molecule has 0 aliphatic rings. The zero-order chi connectivity index (χ0) is 77.2. The number of anilines is 6. The van der Waals surface area contributed by atoms with Gasteiger partial charge in [-0.2, -0.15) is 0 Å². The van der Waals surface area contributed by atoms with Crippen LogP contribution < -0.4 is 32.7 Å². The number of carbonyl (C=O) groups is 8. The number of aryl methyl sites for hydroxylation is 6. The Labute approximate surface area is 647 Å². The summed E-state index contributed by atoms with van der Waals surface area (Å²) in [7, 11) is 0. The summed E-state index contributed by atoms with van der Waals surface area (Å²) in [6.07, 6.45) is 4.05. The number of aromatic nitrogens is 12. The molecule has 38 heteroatoms. The maximum Gasteiger partial charge on any atom is 0.303 e. The Morgan fingerprint density at radius 3 is 0.796 bits per heavy atom. The number of ether oxygens (including phenoxy) is 3. The van der Waals surface area contributed by atoms with Crippen LogP contribution in [0.15, 0.2) is 152 Å². The minimum absolute atomic E-state index is 0.315. The van der Waals surface area contributed by atoms with E-state index >= 15 is 0 Å². The first-order chi connectivity index (χ1) is 52.1. The van der Waals surface area contributed by atoms with Crippen LogP contribution >= 0.6 is 79.6 Å². The molecule has 10 N–H and O–H groups in total. The van der Waals surface area contributed by atoms with Gasteiger partial charge in [-0.1, -0.05) is 220 Å². The fourth-order valence-corrected chi connectivity index (χ4v) is 14.1. The number of aliphatic hydroxyl groups excluding tert-OH is 2. The molecule has 0 fully saturated rings. The highest BCUT2D eigenvalue weighted by Crippen LogP contribution is 2.29. The van der Waals surface area contributed by atoms with Crippen molar-refractivity contribution in [2.75, 3.05) is 32.7 Å². The van der Waals surface area contributed by atoms with Crippen molar-refractivity contribution in [3.63, 3.8) is 0 Å². The summed E-state index contributed by atoms with van der Waals surface area (Å²) >= 11 is 13.2. The molecular weight excluding hydrogens is 1530 g/mol. The summed E-state index contributed by atoms with van der Waals surface area (Å²) < 4.78 is 15.2. The lowest BCUT2D eigenvalue weighted by Gasteiger charge is -2.15. The molecule has 0 aliphatic carbocycles. The van der Waals surface area contributed by atoms with Gasteiger partial charge in [-0.15, -0.1) is 61.2 Å². The van der Waals surface area contributed by atoms with E-state index in [-0.39, 0.29) is 0 Å². The predicted octanol–water partition coefficient (Wildman–Crippen LogP) is 10.9. The highest BCUT2D eigenvalue weighted by Gasteiger charge is 2.28. The SMILES string of the molecule is CC(=O)OC(C(=O)Cl)c1ccccc1.CC(=O)OC(C(=O)Nc1nnc(CCCCc2nnc(NC(=O)C(OC(C)=O)c3ccccc3)s2)s1)c1ccccc1.Nc1nnc(CCCCc2nnc(N)s2)s1.O=C(Nc1nnc(CCCCc2nnc(NC(=O)C(O)c3ccccc3)s2)s1)C(O)c1ccccc1. The van der Waals surface area contributed by atoms with Gasteiger partial charge >= 0.3 is 17.9 Å². The number of unbranched alkanes of at least 4 members (excludes halogenated alkanes) is 3. The van der Waals surface area contributed by atoms with E-state index in [9.17, 15) is 48.6 Å². The molecule has 6 heterocycles. The molecule has 5 atom stereocenters. The Hall–Kier alpha value is -10.8. The number of hydrogen-bond acceptors (Lipinski definition) is 33. The zero-order valence-corrected chi connectivity index (χ0v) is 63.7. The van der Waals surface area contributed by atoms with Crippen LogP contribution in [0.2, 0.25) is 0 Å². The van der Waals surface area contributed by atoms with Gasteiger partial charge in [0.2, 0.25) is 49.1 Å². The molecule has 0 bridgehead atoms. The van der Waals surface area contributed by atoms with Crippen molar-refractivity contribution >= 4 is 157 Å². The van der Waals surface area contributed by atoms with E-state index in [2.05, 4.69) is 82.5 Å². The number of nitrogen functional groups attached to an aromatic ring is 2. The third kappa shape index (κ3) is 28.5. The van der Waals surface area contributed by atoms with Crippen molar-refractivity contribution < 1.29 is 62.8 Å². The Balaban J connectivity index is 0.000000199. The van der Waals surface area contributed by atoms with Crippen molar-refractivity contribution in [1.82, 2.24) is 61.2 Å². The lowest BCUT2D eigenvalue weighted by Crippen LogP contribution is -2.25. The summed E-state index contributed by atoms with van der Waals surface area (Å²) in [6.45, 7) is 3.73.